The third-order valence-electron chi connectivity index (χ3n) is 4.83. The molecule has 7 heteroatoms. The molecule has 1 aliphatic heterocycles. The van der Waals surface area contributed by atoms with E-state index in [1.54, 1.807) is 15.9 Å². The first kappa shape index (κ1) is 21.9. The lowest BCUT2D eigenvalue weighted by Crippen LogP contribution is -2.38. The highest BCUT2D eigenvalue weighted by Gasteiger charge is 2.24. The number of halogens is 2. The Labute approximate surface area is 170 Å². The van der Waals surface area contributed by atoms with Crippen LogP contribution in [0, 0.1) is 5.82 Å². The summed E-state index contributed by atoms with van der Waals surface area (Å²) >= 11 is 0. The summed E-state index contributed by atoms with van der Waals surface area (Å²) in [6.45, 7) is 2.03. The summed E-state index contributed by atoms with van der Waals surface area (Å²) in [4.78, 5) is 28.6. The van der Waals surface area contributed by atoms with Crippen molar-refractivity contribution in [2.24, 2.45) is 5.73 Å². The molecule has 2 amide bonds. The van der Waals surface area contributed by atoms with Crippen molar-refractivity contribution in [3.8, 4) is 0 Å². The molecular formula is C21H25ClFN3O2. The van der Waals surface area contributed by atoms with Gasteiger partial charge in [-0.1, -0.05) is 36.4 Å². The van der Waals surface area contributed by atoms with Gasteiger partial charge in [0, 0.05) is 44.2 Å². The molecule has 3 rings (SSSR count). The van der Waals surface area contributed by atoms with E-state index in [1.807, 2.05) is 30.3 Å². The Morgan fingerprint density at radius 1 is 0.964 bits per heavy atom. The van der Waals surface area contributed by atoms with Crippen LogP contribution in [-0.4, -0.2) is 47.8 Å². The molecule has 2 N–H and O–H groups in total. The second kappa shape index (κ2) is 10.2. The normalized spacial score (nSPS) is 15.4. The Hall–Kier alpha value is -2.44. The lowest BCUT2D eigenvalue weighted by atomic mass is 10.0. The molecule has 5 nitrogen and oxygen atoms in total. The first-order valence-electron chi connectivity index (χ1n) is 9.18. The van der Waals surface area contributed by atoms with E-state index >= 15 is 0 Å². The Morgan fingerprint density at radius 3 is 2.36 bits per heavy atom. The molecule has 0 radical (unpaired) electrons. The van der Waals surface area contributed by atoms with Gasteiger partial charge >= 0.3 is 0 Å². The number of carbonyl (C=O) groups is 2. The molecule has 0 saturated carbocycles. The molecule has 0 aliphatic carbocycles. The maximum atomic E-state index is 13.4. The Morgan fingerprint density at radius 2 is 1.64 bits per heavy atom. The monoisotopic (exact) mass is 405 g/mol. The number of rotatable bonds is 4. The largest absolute Gasteiger partial charge is 0.341 e. The summed E-state index contributed by atoms with van der Waals surface area (Å²) in [5.74, 6) is -0.640. The van der Waals surface area contributed by atoms with Gasteiger partial charge in [-0.05, 0) is 30.2 Å². The number of nitrogens with two attached hydrogens (primary N) is 1. The highest BCUT2D eigenvalue weighted by molar-refractivity contribution is 5.94. The van der Waals surface area contributed by atoms with E-state index in [2.05, 4.69) is 0 Å². The van der Waals surface area contributed by atoms with Crippen LogP contribution in [0.4, 0.5) is 4.39 Å². The van der Waals surface area contributed by atoms with Crippen molar-refractivity contribution in [3.05, 3.63) is 71.5 Å². The van der Waals surface area contributed by atoms with Crippen LogP contribution >= 0.6 is 12.4 Å². The van der Waals surface area contributed by atoms with Crippen LogP contribution in [0.5, 0.6) is 0 Å². The van der Waals surface area contributed by atoms with Crippen LogP contribution in [0.15, 0.2) is 54.6 Å². The first-order valence-corrected chi connectivity index (χ1v) is 9.18. The summed E-state index contributed by atoms with van der Waals surface area (Å²) in [5.41, 5.74) is 7.43. The van der Waals surface area contributed by atoms with Gasteiger partial charge in [0.15, 0.2) is 0 Å². The molecule has 2 aromatic rings. The van der Waals surface area contributed by atoms with E-state index in [1.165, 1.54) is 18.2 Å². The Kier molecular flexibility index (Phi) is 7.96. The van der Waals surface area contributed by atoms with Gasteiger partial charge in [-0.2, -0.15) is 0 Å². The number of hydrogen-bond donors (Lipinski definition) is 1. The van der Waals surface area contributed by atoms with Gasteiger partial charge in [0.05, 0.1) is 0 Å². The zero-order valence-corrected chi connectivity index (χ0v) is 16.4. The molecular weight excluding hydrogens is 381 g/mol. The molecule has 2 aromatic carbocycles. The highest BCUT2D eigenvalue weighted by Crippen LogP contribution is 2.16. The van der Waals surface area contributed by atoms with Crippen LogP contribution in [-0.2, 0) is 4.79 Å². The number of carbonyl (C=O) groups excluding carboxylic acids is 2. The van der Waals surface area contributed by atoms with Gasteiger partial charge in [0.2, 0.25) is 5.91 Å². The molecule has 0 bridgehead atoms. The fourth-order valence-corrected chi connectivity index (χ4v) is 3.31. The lowest BCUT2D eigenvalue weighted by molar-refractivity contribution is -0.131. The maximum Gasteiger partial charge on any atom is 0.254 e. The summed E-state index contributed by atoms with van der Waals surface area (Å²) in [7, 11) is 0. The summed E-state index contributed by atoms with van der Waals surface area (Å²) in [6, 6.07) is 14.9. The molecule has 1 fully saturated rings. The molecule has 1 aliphatic rings. The van der Waals surface area contributed by atoms with E-state index in [0.717, 1.165) is 5.56 Å². The summed E-state index contributed by atoms with van der Waals surface area (Å²) in [6.07, 6.45) is 0.926. The number of amides is 2. The van der Waals surface area contributed by atoms with Gasteiger partial charge in [-0.25, -0.2) is 4.39 Å². The smallest absolute Gasteiger partial charge is 0.254 e. The predicted molar refractivity (Wildman–Crippen MR) is 109 cm³/mol. The van der Waals surface area contributed by atoms with Gasteiger partial charge in [-0.3, -0.25) is 9.59 Å². The molecule has 0 aromatic heterocycles. The third-order valence-corrected chi connectivity index (χ3v) is 4.83. The van der Waals surface area contributed by atoms with Crippen molar-refractivity contribution in [1.82, 2.24) is 9.80 Å². The second-order valence-electron chi connectivity index (χ2n) is 6.76. The number of hydrogen-bond acceptors (Lipinski definition) is 3. The van der Waals surface area contributed by atoms with Crippen LogP contribution in [0.1, 0.15) is 34.8 Å². The van der Waals surface area contributed by atoms with E-state index in [4.69, 9.17) is 5.73 Å². The standard InChI is InChI=1S/C21H24FN3O2.ClH/c22-18-9-4-8-17(14-18)21(27)25-11-5-10-24(12-13-25)20(26)15-19(23)16-6-2-1-3-7-16;/h1-4,6-9,14,19H,5,10-13,15,23H2;1H. The Balaban J connectivity index is 0.00000280. The number of nitrogens with zero attached hydrogens (tertiary/aromatic N) is 2. The average molecular weight is 406 g/mol. The lowest BCUT2D eigenvalue weighted by Gasteiger charge is -2.23. The fourth-order valence-electron chi connectivity index (χ4n) is 3.31. The molecule has 1 heterocycles. The van der Waals surface area contributed by atoms with Crippen molar-refractivity contribution < 1.29 is 14.0 Å². The minimum absolute atomic E-state index is 0. The van der Waals surface area contributed by atoms with Crippen molar-refractivity contribution in [3.63, 3.8) is 0 Å². The van der Waals surface area contributed by atoms with Gasteiger partial charge < -0.3 is 15.5 Å². The molecule has 1 atom stereocenters. The van der Waals surface area contributed by atoms with E-state index < -0.39 is 5.82 Å². The van der Waals surface area contributed by atoms with Crippen LogP contribution < -0.4 is 5.73 Å². The van der Waals surface area contributed by atoms with Crippen LogP contribution in [0.2, 0.25) is 0 Å². The summed E-state index contributed by atoms with van der Waals surface area (Å²) < 4.78 is 13.4. The van der Waals surface area contributed by atoms with Crippen molar-refractivity contribution in [1.29, 1.82) is 0 Å². The fraction of sp³-hybridized carbons (Fsp3) is 0.333. The number of benzene rings is 2. The maximum absolute atomic E-state index is 13.4. The van der Waals surface area contributed by atoms with Crippen molar-refractivity contribution >= 4 is 24.2 Å². The second-order valence-corrected chi connectivity index (χ2v) is 6.76. The van der Waals surface area contributed by atoms with Crippen LogP contribution in [0.3, 0.4) is 0 Å². The third kappa shape index (κ3) is 5.53. The van der Waals surface area contributed by atoms with Crippen LogP contribution in [0.25, 0.3) is 0 Å². The zero-order chi connectivity index (χ0) is 19.2. The highest BCUT2D eigenvalue weighted by atomic mass is 35.5. The molecule has 0 spiro atoms. The van der Waals surface area contributed by atoms with Crippen molar-refractivity contribution in [2.75, 3.05) is 26.2 Å². The minimum Gasteiger partial charge on any atom is -0.341 e. The topological polar surface area (TPSA) is 66.6 Å². The van der Waals surface area contributed by atoms with Crippen molar-refractivity contribution in [2.45, 2.75) is 18.9 Å². The Bertz CT molecular complexity index is 803. The van der Waals surface area contributed by atoms with E-state index in [9.17, 15) is 14.0 Å². The van der Waals surface area contributed by atoms with E-state index in [-0.39, 0.29) is 36.7 Å². The molecule has 1 unspecified atom stereocenters. The van der Waals surface area contributed by atoms with Gasteiger partial charge in [0.25, 0.3) is 5.91 Å². The predicted octanol–water partition coefficient (Wildman–Crippen LogP) is 3.01. The van der Waals surface area contributed by atoms with E-state index in [0.29, 0.717) is 38.2 Å². The SMILES string of the molecule is Cl.NC(CC(=O)N1CCCN(C(=O)c2cccc(F)c2)CC1)c1ccccc1. The summed E-state index contributed by atoms with van der Waals surface area (Å²) in [5, 5.41) is 0. The minimum atomic E-state index is -0.428. The van der Waals surface area contributed by atoms with Gasteiger partial charge in [-0.15, -0.1) is 12.4 Å². The molecule has 28 heavy (non-hydrogen) atoms. The molecule has 1 saturated heterocycles. The average Bonchev–Trinajstić information content (AvgIpc) is 2.94. The zero-order valence-electron chi connectivity index (χ0n) is 15.6. The molecule has 150 valence electrons. The quantitative estimate of drug-likeness (QED) is 0.850. The van der Waals surface area contributed by atoms with Gasteiger partial charge in [0.1, 0.15) is 5.82 Å². The first-order chi connectivity index (χ1) is 13.0.